The number of para-hydroxylation sites is 3. The molecule has 4 aromatic rings. The lowest BCUT2D eigenvalue weighted by Gasteiger charge is -2.19. The van der Waals surface area contributed by atoms with Crippen LogP contribution in [0, 0.1) is 13.8 Å². The average molecular weight is 426 g/mol. The van der Waals surface area contributed by atoms with Gasteiger partial charge >= 0.3 is 0 Å². The van der Waals surface area contributed by atoms with Gasteiger partial charge in [0.25, 0.3) is 0 Å². The smallest absolute Gasteiger partial charge is 0.227 e. The van der Waals surface area contributed by atoms with E-state index in [0.717, 1.165) is 33.9 Å². The van der Waals surface area contributed by atoms with E-state index in [9.17, 15) is 4.79 Å². The summed E-state index contributed by atoms with van der Waals surface area (Å²) >= 11 is 0. The maximum absolute atomic E-state index is 13.0. The number of amides is 1. The molecule has 1 amide bonds. The van der Waals surface area contributed by atoms with Crippen molar-refractivity contribution < 1.29 is 9.53 Å². The summed E-state index contributed by atoms with van der Waals surface area (Å²) in [6.07, 6.45) is 0.460. The van der Waals surface area contributed by atoms with Crippen LogP contribution in [0.4, 0.5) is 5.69 Å². The standard InChI is InChI=1S/C27H27N3O2/c1-18-12-13-22(14-19(18)2)29-17-21(15-26(29)31)27-28-23-9-5-6-10-24(23)30(27)16-20-8-4-7-11-25(20)32-3/h4-14,21H,15-17H2,1-3H3. The molecule has 5 nitrogen and oxygen atoms in total. The molecule has 3 aromatic carbocycles. The quantitative estimate of drug-likeness (QED) is 0.440. The van der Waals surface area contributed by atoms with E-state index in [4.69, 9.17) is 9.72 Å². The molecule has 32 heavy (non-hydrogen) atoms. The van der Waals surface area contributed by atoms with Crippen LogP contribution < -0.4 is 9.64 Å². The summed E-state index contributed by atoms with van der Waals surface area (Å²) in [5, 5.41) is 0. The van der Waals surface area contributed by atoms with Gasteiger partial charge in [0, 0.05) is 30.1 Å². The SMILES string of the molecule is COc1ccccc1Cn1c(C2CC(=O)N(c3ccc(C)c(C)c3)C2)nc2ccccc21. The highest BCUT2D eigenvalue weighted by atomic mass is 16.5. The summed E-state index contributed by atoms with van der Waals surface area (Å²) in [7, 11) is 1.70. The number of imidazole rings is 1. The van der Waals surface area contributed by atoms with E-state index < -0.39 is 0 Å². The number of aromatic nitrogens is 2. The van der Waals surface area contributed by atoms with Gasteiger partial charge in [-0.15, -0.1) is 0 Å². The number of ether oxygens (including phenoxy) is 1. The first-order valence-corrected chi connectivity index (χ1v) is 11.0. The van der Waals surface area contributed by atoms with Crippen LogP contribution in [-0.4, -0.2) is 29.1 Å². The molecule has 0 N–H and O–H groups in total. The van der Waals surface area contributed by atoms with Crippen LogP contribution in [0.2, 0.25) is 0 Å². The topological polar surface area (TPSA) is 47.4 Å². The first kappa shape index (κ1) is 20.3. The van der Waals surface area contributed by atoms with Gasteiger partial charge in [0.1, 0.15) is 11.6 Å². The zero-order valence-corrected chi connectivity index (χ0v) is 18.7. The summed E-state index contributed by atoms with van der Waals surface area (Å²) in [6, 6.07) is 22.5. The van der Waals surface area contributed by atoms with Gasteiger partial charge in [0.15, 0.2) is 0 Å². The van der Waals surface area contributed by atoms with Crippen LogP contribution in [0.5, 0.6) is 5.75 Å². The lowest BCUT2D eigenvalue weighted by atomic mass is 10.1. The van der Waals surface area contributed by atoms with E-state index in [1.807, 2.05) is 47.4 Å². The van der Waals surface area contributed by atoms with Crippen LogP contribution in [0.25, 0.3) is 11.0 Å². The largest absolute Gasteiger partial charge is 0.496 e. The molecule has 1 atom stereocenters. The Bertz CT molecular complexity index is 1310. The molecule has 0 radical (unpaired) electrons. The predicted octanol–water partition coefficient (Wildman–Crippen LogP) is 5.23. The van der Waals surface area contributed by atoms with Crippen LogP contribution in [0.3, 0.4) is 0 Å². The van der Waals surface area contributed by atoms with Gasteiger partial charge in [-0.3, -0.25) is 4.79 Å². The third-order valence-electron chi connectivity index (χ3n) is 6.50. The normalized spacial score (nSPS) is 16.2. The zero-order valence-electron chi connectivity index (χ0n) is 18.7. The Morgan fingerprint density at radius 1 is 1.00 bits per heavy atom. The summed E-state index contributed by atoms with van der Waals surface area (Å²) in [5.74, 6) is 1.99. The third kappa shape index (κ3) is 3.54. The summed E-state index contributed by atoms with van der Waals surface area (Å²) in [6.45, 7) is 5.46. The number of methoxy groups -OCH3 is 1. The van der Waals surface area contributed by atoms with Crippen LogP contribution in [0.15, 0.2) is 66.7 Å². The fraction of sp³-hybridized carbons (Fsp3) is 0.259. The molecule has 5 rings (SSSR count). The molecule has 1 unspecified atom stereocenters. The highest BCUT2D eigenvalue weighted by molar-refractivity contribution is 5.96. The van der Waals surface area contributed by atoms with Crippen molar-refractivity contribution in [2.45, 2.75) is 32.7 Å². The van der Waals surface area contributed by atoms with Gasteiger partial charge in [-0.25, -0.2) is 4.98 Å². The number of anilines is 1. The molecule has 2 heterocycles. The minimum atomic E-state index is 0.0335. The number of benzene rings is 3. The Labute approximate surface area is 188 Å². The molecule has 1 saturated heterocycles. The number of carbonyl (C=O) groups is 1. The van der Waals surface area contributed by atoms with Gasteiger partial charge in [0.2, 0.25) is 5.91 Å². The van der Waals surface area contributed by atoms with E-state index in [1.165, 1.54) is 11.1 Å². The van der Waals surface area contributed by atoms with Crippen LogP contribution in [0.1, 0.15) is 34.9 Å². The first-order valence-electron chi connectivity index (χ1n) is 11.0. The van der Waals surface area contributed by atoms with E-state index in [-0.39, 0.29) is 11.8 Å². The van der Waals surface area contributed by atoms with E-state index in [1.54, 1.807) is 7.11 Å². The molecule has 1 aromatic heterocycles. The van der Waals surface area contributed by atoms with Crippen LogP contribution >= 0.6 is 0 Å². The Morgan fingerprint density at radius 3 is 2.59 bits per heavy atom. The van der Waals surface area contributed by atoms with Gasteiger partial charge < -0.3 is 14.2 Å². The van der Waals surface area contributed by atoms with Crippen molar-refractivity contribution in [1.82, 2.24) is 9.55 Å². The van der Waals surface area contributed by atoms with Gasteiger partial charge in [-0.05, 0) is 55.3 Å². The average Bonchev–Trinajstić information content (AvgIpc) is 3.37. The number of hydrogen-bond donors (Lipinski definition) is 0. The molecule has 0 bridgehead atoms. The number of fused-ring (bicyclic) bond motifs is 1. The fourth-order valence-electron chi connectivity index (χ4n) is 4.60. The Balaban J connectivity index is 1.53. The highest BCUT2D eigenvalue weighted by Gasteiger charge is 2.35. The third-order valence-corrected chi connectivity index (χ3v) is 6.50. The minimum absolute atomic E-state index is 0.0335. The van der Waals surface area contributed by atoms with Crippen LogP contribution in [-0.2, 0) is 11.3 Å². The monoisotopic (exact) mass is 425 g/mol. The van der Waals surface area contributed by atoms with Crippen molar-refractivity contribution >= 4 is 22.6 Å². The Kier molecular flexibility index (Phi) is 5.17. The molecule has 0 saturated carbocycles. The predicted molar refractivity (Wildman–Crippen MR) is 127 cm³/mol. The van der Waals surface area contributed by atoms with E-state index in [2.05, 4.69) is 42.7 Å². The Morgan fingerprint density at radius 2 is 1.78 bits per heavy atom. The maximum Gasteiger partial charge on any atom is 0.227 e. The van der Waals surface area contributed by atoms with Crippen molar-refractivity contribution in [2.24, 2.45) is 0 Å². The number of rotatable bonds is 5. The van der Waals surface area contributed by atoms with Crippen molar-refractivity contribution in [3.63, 3.8) is 0 Å². The number of carbonyl (C=O) groups excluding carboxylic acids is 1. The van der Waals surface area contributed by atoms with Gasteiger partial charge in [0.05, 0.1) is 24.7 Å². The molecule has 162 valence electrons. The molecule has 0 aliphatic carbocycles. The maximum atomic E-state index is 13.0. The summed E-state index contributed by atoms with van der Waals surface area (Å²) in [5.41, 5.74) is 6.51. The second-order valence-corrected chi connectivity index (χ2v) is 8.53. The molecule has 1 fully saturated rings. The molecule has 0 spiro atoms. The van der Waals surface area contributed by atoms with Crippen molar-refractivity contribution in [3.8, 4) is 5.75 Å². The molecule has 1 aliphatic rings. The van der Waals surface area contributed by atoms with E-state index >= 15 is 0 Å². The second kappa shape index (κ2) is 8.15. The molecule has 5 heteroatoms. The lowest BCUT2D eigenvalue weighted by Crippen LogP contribution is -2.24. The Hall–Kier alpha value is -3.60. The van der Waals surface area contributed by atoms with Crippen molar-refractivity contribution in [3.05, 3.63) is 89.2 Å². The lowest BCUT2D eigenvalue weighted by molar-refractivity contribution is -0.117. The first-order chi connectivity index (χ1) is 15.5. The van der Waals surface area contributed by atoms with E-state index in [0.29, 0.717) is 19.5 Å². The van der Waals surface area contributed by atoms with Crippen molar-refractivity contribution in [2.75, 3.05) is 18.6 Å². The summed E-state index contributed by atoms with van der Waals surface area (Å²) < 4.78 is 7.83. The number of hydrogen-bond acceptors (Lipinski definition) is 3. The fourth-order valence-corrected chi connectivity index (χ4v) is 4.60. The second-order valence-electron chi connectivity index (χ2n) is 8.53. The minimum Gasteiger partial charge on any atom is -0.496 e. The molecule has 1 aliphatic heterocycles. The molecular formula is C27H27N3O2. The number of nitrogens with zero attached hydrogens (tertiary/aromatic N) is 3. The zero-order chi connectivity index (χ0) is 22.2. The molecular weight excluding hydrogens is 398 g/mol. The van der Waals surface area contributed by atoms with Gasteiger partial charge in [-0.2, -0.15) is 0 Å². The summed E-state index contributed by atoms with van der Waals surface area (Å²) in [4.78, 5) is 19.9. The van der Waals surface area contributed by atoms with Crippen molar-refractivity contribution in [1.29, 1.82) is 0 Å². The number of aryl methyl sites for hydroxylation is 2. The highest BCUT2D eigenvalue weighted by Crippen LogP contribution is 2.34. The van der Waals surface area contributed by atoms with Gasteiger partial charge in [-0.1, -0.05) is 36.4 Å².